The van der Waals surface area contributed by atoms with Crippen LogP contribution >= 0.6 is 0 Å². The number of carbonyl (C=O) groups excluding carboxylic acids is 2. The normalized spacial score (nSPS) is 12.6. The quantitative estimate of drug-likeness (QED) is 0.501. The maximum absolute atomic E-state index is 12.8. The van der Waals surface area contributed by atoms with E-state index < -0.39 is 18.2 Å². The summed E-state index contributed by atoms with van der Waals surface area (Å²) in [6.07, 6.45) is -0.0749. The van der Waals surface area contributed by atoms with Gasteiger partial charge >= 0.3 is 5.97 Å². The zero-order valence-corrected chi connectivity index (χ0v) is 15.8. The Bertz CT molecular complexity index is 673. The van der Waals surface area contributed by atoms with Crippen molar-refractivity contribution in [2.75, 3.05) is 18.1 Å². The van der Waals surface area contributed by atoms with Gasteiger partial charge in [-0.05, 0) is 51.0 Å². The highest BCUT2D eigenvalue weighted by Crippen LogP contribution is 2.21. The van der Waals surface area contributed by atoms with E-state index in [1.807, 2.05) is 38.1 Å². The van der Waals surface area contributed by atoms with Gasteiger partial charge in [0.15, 0.2) is 12.2 Å². The molecule has 0 aromatic heterocycles. The van der Waals surface area contributed by atoms with E-state index in [0.29, 0.717) is 5.69 Å². The first kappa shape index (κ1) is 21.4. The van der Waals surface area contributed by atoms with E-state index in [1.165, 1.54) is 17.9 Å². The summed E-state index contributed by atoms with van der Waals surface area (Å²) in [5, 5.41) is 8.89. The third-order valence-electron chi connectivity index (χ3n) is 3.67. The van der Waals surface area contributed by atoms with Gasteiger partial charge in [-0.2, -0.15) is 5.26 Å². The highest BCUT2D eigenvalue weighted by molar-refractivity contribution is 5.97. The van der Waals surface area contributed by atoms with Gasteiger partial charge in [0, 0.05) is 12.2 Å². The number of rotatable bonds is 9. The van der Waals surface area contributed by atoms with E-state index in [1.54, 1.807) is 6.92 Å². The number of nitrogens with zero attached hydrogens (tertiary/aromatic N) is 2. The molecule has 0 spiro atoms. The second-order valence-electron chi connectivity index (χ2n) is 6.09. The Morgan fingerprint density at radius 3 is 2.38 bits per heavy atom. The summed E-state index contributed by atoms with van der Waals surface area (Å²) in [6.45, 7) is 10.9. The van der Waals surface area contributed by atoms with Crippen LogP contribution in [0.5, 0.6) is 0 Å². The predicted octanol–water partition coefficient (Wildman–Crippen LogP) is 3.07. The van der Waals surface area contributed by atoms with Crippen LogP contribution in [-0.4, -0.2) is 37.2 Å². The van der Waals surface area contributed by atoms with Crippen molar-refractivity contribution < 1.29 is 19.1 Å². The fourth-order valence-electron chi connectivity index (χ4n) is 2.46. The van der Waals surface area contributed by atoms with Gasteiger partial charge < -0.3 is 14.4 Å². The van der Waals surface area contributed by atoms with Gasteiger partial charge in [-0.1, -0.05) is 12.1 Å². The Morgan fingerprint density at radius 1 is 1.23 bits per heavy atom. The molecule has 0 fully saturated rings. The molecule has 0 aliphatic carbocycles. The molecule has 0 bridgehead atoms. The molecule has 2 unspecified atom stereocenters. The molecule has 0 radical (unpaired) electrons. The lowest BCUT2D eigenvalue weighted by atomic mass is 10.1. The van der Waals surface area contributed by atoms with Crippen molar-refractivity contribution in [2.45, 2.75) is 46.3 Å². The molecule has 1 aromatic carbocycles. The second kappa shape index (κ2) is 10.4. The molecule has 1 rings (SSSR count). The molecule has 6 nitrogen and oxygen atoms in total. The minimum atomic E-state index is -0.989. The summed E-state index contributed by atoms with van der Waals surface area (Å²) in [5.41, 5.74) is 2.69. The van der Waals surface area contributed by atoms with E-state index >= 15 is 0 Å². The Labute approximate surface area is 155 Å². The Balaban J connectivity index is 2.92. The maximum Gasteiger partial charge on any atom is 0.335 e. The van der Waals surface area contributed by atoms with Crippen molar-refractivity contribution in [3.05, 3.63) is 42.0 Å². The molecule has 0 saturated heterocycles. The van der Waals surface area contributed by atoms with Crippen LogP contribution in [0.25, 0.3) is 0 Å². The zero-order chi connectivity index (χ0) is 19.7. The van der Waals surface area contributed by atoms with E-state index in [-0.39, 0.29) is 25.5 Å². The third kappa shape index (κ3) is 6.34. The average Bonchev–Trinajstić information content (AvgIpc) is 2.58. The molecule has 2 atom stereocenters. The summed E-state index contributed by atoms with van der Waals surface area (Å²) in [4.78, 5) is 26.3. The van der Waals surface area contributed by atoms with E-state index in [2.05, 4.69) is 6.58 Å². The highest BCUT2D eigenvalue weighted by Gasteiger charge is 2.27. The van der Waals surface area contributed by atoms with Crippen LogP contribution in [0.2, 0.25) is 0 Å². The molecule has 0 aliphatic rings. The molecule has 0 aliphatic heterocycles. The number of benzene rings is 1. The monoisotopic (exact) mass is 358 g/mol. The van der Waals surface area contributed by atoms with Crippen LogP contribution in [0.1, 0.15) is 31.4 Å². The molecule has 1 aromatic rings. The minimum Gasteiger partial charge on any atom is -0.451 e. The summed E-state index contributed by atoms with van der Waals surface area (Å²) in [5.74, 6) is -0.997. The first-order valence-corrected chi connectivity index (χ1v) is 8.49. The largest absolute Gasteiger partial charge is 0.451 e. The van der Waals surface area contributed by atoms with Gasteiger partial charge in [0.2, 0.25) is 0 Å². The van der Waals surface area contributed by atoms with Gasteiger partial charge in [-0.25, -0.2) is 4.79 Å². The highest BCUT2D eigenvalue weighted by atomic mass is 16.6. The number of hydrogen-bond acceptors (Lipinski definition) is 5. The van der Waals surface area contributed by atoms with Crippen LogP contribution < -0.4 is 4.90 Å². The lowest BCUT2D eigenvalue weighted by Crippen LogP contribution is -2.42. The molecular formula is C20H26N2O4. The summed E-state index contributed by atoms with van der Waals surface area (Å²) >= 11 is 0. The van der Waals surface area contributed by atoms with Gasteiger partial charge in [0.25, 0.3) is 5.91 Å². The van der Waals surface area contributed by atoms with Crippen molar-refractivity contribution in [1.82, 2.24) is 0 Å². The van der Waals surface area contributed by atoms with Crippen LogP contribution in [0.3, 0.4) is 0 Å². The van der Waals surface area contributed by atoms with Crippen molar-refractivity contribution in [3.63, 3.8) is 0 Å². The zero-order valence-electron chi connectivity index (χ0n) is 15.8. The maximum atomic E-state index is 12.8. The molecule has 6 heteroatoms. The smallest absolute Gasteiger partial charge is 0.335 e. The minimum absolute atomic E-state index is 0.179. The molecule has 140 valence electrons. The van der Waals surface area contributed by atoms with E-state index in [4.69, 9.17) is 14.7 Å². The summed E-state index contributed by atoms with van der Waals surface area (Å²) < 4.78 is 10.5. The topological polar surface area (TPSA) is 79.6 Å². The number of ether oxygens (including phenoxy) is 2. The van der Waals surface area contributed by atoms with Crippen molar-refractivity contribution in [3.8, 4) is 6.07 Å². The van der Waals surface area contributed by atoms with Gasteiger partial charge in [-0.3, -0.25) is 4.79 Å². The number of nitriles is 1. The number of esters is 1. The summed E-state index contributed by atoms with van der Waals surface area (Å²) in [7, 11) is 0. The van der Waals surface area contributed by atoms with Crippen molar-refractivity contribution in [2.24, 2.45) is 0 Å². The molecule has 1 amide bonds. The van der Waals surface area contributed by atoms with Gasteiger partial charge in [0.1, 0.15) is 0 Å². The van der Waals surface area contributed by atoms with Crippen molar-refractivity contribution in [1.29, 1.82) is 5.26 Å². The number of hydrogen-bond donors (Lipinski definition) is 0. The van der Waals surface area contributed by atoms with Crippen LogP contribution in [0.4, 0.5) is 5.69 Å². The Kier molecular flexibility index (Phi) is 8.53. The second-order valence-corrected chi connectivity index (χ2v) is 6.09. The number of anilines is 1. The van der Waals surface area contributed by atoms with Crippen LogP contribution in [0.15, 0.2) is 30.9 Å². The van der Waals surface area contributed by atoms with Gasteiger partial charge in [0.05, 0.1) is 19.1 Å². The molecule has 0 heterocycles. The number of carbonyl (C=O) groups is 2. The fraction of sp³-hybridized carbons (Fsp3) is 0.450. The Hall–Kier alpha value is -2.65. The number of aryl methyl sites for hydroxylation is 2. The molecular weight excluding hydrogens is 332 g/mol. The standard InChI is InChI=1S/C20H26N2O4/c1-6-10-25-17(5)20(24)26-16(4)19(23)22(9-7-8-21)18-12-14(2)11-15(3)13-18/h6,11-13,16-17H,1,7,9-10H2,2-5H3. The van der Waals surface area contributed by atoms with Gasteiger partial charge in [-0.15, -0.1) is 6.58 Å². The van der Waals surface area contributed by atoms with E-state index in [0.717, 1.165) is 11.1 Å². The fourth-order valence-corrected chi connectivity index (χ4v) is 2.46. The molecule has 0 N–H and O–H groups in total. The lowest BCUT2D eigenvalue weighted by Gasteiger charge is -2.26. The summed E-state index contributed by atoms with van der Waals surface area (Å²) in [6, 6.07) is 7.78. The SMILES string of the molecule is C=CCOC(C)C(=O)OC(C)C(=O)N(CCC#N)c1cc(C)cc(C)c1. The molecule has 26 heavy (non-hydrogen) atoms. The first-order valence-electron chi connectivity index (χ1n) is 8.49. The molecule has 0 saturated carbocycles. The van der Waals surface area contributed by atoms with Crippen LogP contribution in [0, 0.1) is 25.2 Å². The first-order chi connectivity index (χ1) is 12.3. The predicted molar refractivity (Wildman–Crippen MR) is 99.7 cm³/mol. The van der Waals surface area contributed by atoms with Crippen LogP contribution in [-0.2, 0) is 19.1 Å². The average molecular weight is 358 g/mol. The van der Waals surface area contributed by atoms with E-state index in [9.17, 15) is 9.59 Å². The number of amides is 1. The van der Waals surface area contributed by atoms with Crippen molar-refractivity contribution >= 4 is 17.6 Å². The third-order valence-corrected chi connectivity index (χ3v) is 3.67. The Morgan fingerprint density at radius 2 is 1.85 bits per heavy atom. The lowest BCUT2D eigenvalue weighted by molar-refractivity contribution is -0.163.